The second kappa shape index (κ2) is 6.80. The molecule has 2 atom stereocenters. The van der Waals surface area contributed by atoms with Crippen molar-refractivity contribution in [3.05, 3.63) is 34.3 Å². The fraction of sp³-hybridized carbons (Fsp3) is 0.667. The van der Waals surface area contributed by atoms with Crippen molar-refractivity contribution in [2.24, 2.45) is 0 Å². The maximum atomic E-state index is 6.43. The van der Waals surface area contributed by atoms with Gasteiger partial charge in [-0.3, -0.25) is 0 Å². The number of ether oxygens (including phenoxy) is 1. The van der Waals surface area contributed by atoms with E-state index in [1.807, 2.05) is 0 Å². The molecule has 1 spiro atoms. The van der Waals surface area contributed by atoms with Crippen LogP contribution in [0.4, 0.5) is 0 Å². The van der Waals surface area contributed by atoms with Crippen LogP contribution in [0.3, 0.4) is 0 Å². The summed E-state index contributed by atoms with van der Waals surface area (Å²) in [6.07, 6.45) is 9.55. The highest BCUT2D eigenvalue weighted by Crippen LogP contribution is 2.41. The van der Waals surface area contributed by atoms with Crippen LogP contribution >= 0.6 is 15.9 Å². The largest absolute Gasteiger partial charge is 0.370 e. The Morgan fingerprint density at radius 3 is 2.76 bits per heavy atom. The maximum Gasteiger partial charge on any atom is 0.0708 e. The first-order valence-corrected chi connectivity index (χ1v) is 9.13. The Balaban J connectivity index is 1.51. The van der Waals surface area contributed by atoms with Crippen LogP contribution in [0.1, 0.15) is 63.5 Å². The summed E-state index contributed by atoms with van der Waals surface area (Å²) in [5.41, 5.74) is 1.56. The van der Waals surface area contributed by atoms with Gasteiger partial charge in [0, 0.05) is 17.1 Å². The van der Waals surface area contributed by atoms with Crippen molar-refractivity contribution in [1.82, 2.24) is 5.32 Å². The van der Waals surface area contributed by atoms with Crippen LogP contribution in [0, 0.1) is 0 Å². The van der Waals surface area contributed by atoms with Crippen molar-refractivity contribution in [3.63, 3.8) is 0 Å². The van der Waals surface area contributed by atoms with E-state index in [1.165, 1.54) is 55.0 Å². The van der Waals surface area contributed by atoms with E-state index in [4.69, 9.17) is 4.74 Å². The van der Waals surface area contributed by atoms with Gasteiger partial charge >= 0.3 is 0 Å². The highest BCUT2D eigenvalue weighted by atomic mass is 79.9. The minimum Gasteiger partial charge on any atom is -0.370 e. The van der Waals surface area contributed by atoms with E-state index >= 15 is 0 Å². The highest BCUT2D eigenvalue weighted by Gasteiger charge is 2.40. The molecule has 2 nitrogen and oxygen atoms in total. The molecular weight excluding hydrogens is 326 g/mol. The Morgan fingerprint density at radius 2 is 2.00 bits per heavy atom. The lowest BCUT2D eigenvalue weighted by atomic mass is 9.83. The maximum absolute atomic E-state index is 6.43. The Morgan fingerprint density at radius 1 is 1.24 bits per heavy atom. The van der Waals surface area contributed by atoms with Gasteiger partial charge in [0.1, 0.15) is 0 Å². The van der Waals surface area contributed by atoms with E-state index in [1.54, 1.807) is 0 Å². The zero-order valence-corrected chi connectivity index (χ0v) is 14.5. The molecule has 0 bridgehead atoms. The molecule has 1 saturated carbocycles. The fourth-order valence-electron chi connectivity index (χ4n) is 3.85. The third kappa shape index (κ3) is 3.69. The lowest BCUT2D eigenvalue weighted by Crippen LogP contribution is -2.35. The average molecular weight is 352 g/mol. The summed E-state index contributed by atoms with van der Waals surface area (Å²) < 4.78 is 7.61. The molecule has 1 saturated heterocycles. The van der Waals surface area contributed by atoms with Crippen LogP contribution in [0.2, 0.25) is 0 Å². The van der Waals surface area contributed by atoms with Gasteiger partial charge in [0.2, 0.25) is 0 Å². The molecular formula is C18H26BrNO. The number of hydrogen-bond acceptors (Lipinski definition) is 2. The Kier molecular flexibility index (Phi) is 5.03. The summed E-state index contributed by atoms with van der Waals surface area (Å²) >= 11 is 3.64. The summed E-state index contributed by atoms with van der Waals surface area (Å²) in [7, 11) is 0. The Labute approximate surface area is 136 Å². The highest BCUT2D eigenvalue weighted by molar-refractivity contribution is 9.10. The van der Waals surface area contributed by atoms with E-state index in [2.05, 4.69) is 52.4 Å². The monoisotopic (exact) mass is 351 g/mol. The molecule has 0 radical (unpaired) electrons. The fourth-order valence-corrected chi connectivity index (χ4v) is 4.48. The van der Waals surface area contributed by atoms with Crippen molar-refractivity contribution < 1.29 is 4.74 Å². The van der Waals surface area contributed by atoms with E-state index in [0.29, 0.717) is 12.1 Å². The van der Waals surface area contributed by atoms with Gasteiger partial charge in [0.15, 0.2) is 0 Å². The van der Waals surface area contributed by atoms with Gasteiger partial charge < -0.3 is 10.1 Å². The van der Waals surface area contributed by atoms with E-state index < -0.39 is 0 Å². The predicted octanol–water partition coefficient (Wildman–Crippen LogP) is 4.98. The molecule has 3 rings (SSSR count). The third-order valence-electron chi connectivity index (χ3n) is 5.13. The molecule has 21 heavy (non-hydrogen) atoms. The van der Waals surface area contributed by atoms with Gasteiger partial charge in [-0.05, 0) is 44.2 Å². The van der Waals surface area contributed by atoms with Gasteiger partial charge in [-0.25, -0.2) is 0 Å². The first-order valence-electron chi connectivity index (χ1n) is 8.34. The summed E-state index contributed by atoms with van der Waals surface area (Å²) in [6, 6.07) is 8.80. The minimum atomic E-state index is 0.237. The predicted molar refractivity (Wildman–Crippen MR) is 90.5 cm³/mol. The molecule has 1 aromatic rings. The lowest BCUT2D eigenvalue weighted by Gasteiger charge is -2.33. The number of nitrogens with one attached hydrogen (secondary N) is 1. The number of rotatable bonds is 4. The molecule has 1 aliphatic heterocycles. The van der Waals surface area contributed by atoms with Gasteiger partial charge in [-0.15, -0.1) is 0 Å². The molecule has 1 unspecified atom stereocenters. The topological polar surface area (TPSA) is 21.3 Å². The second-order valence-electron chi connectivity index (χ2n) is 6.67. The quantitative estimate of drug-likeness (QED) is 0.825. The normalized spacial score (nSPS) is 26.1. The smallest absolute Gasteiger partial charge is 0.0708 e. The van der Waals surface area contributed by atoms with Crippen LogP contribution in [-0.4, -0.2) is 18.2 Å². The summed E-state index contributed by atoms with van der Waals surface area (Å²) in [5, 5.41) is 3.65. The van der Waals surface area contributed by atoms with Gasteiger partial charge in [0.25, 0.3) is 0 Å². The number of halogens is 1. The first-order chi connectivity index (χ1) is 10.2. The Hall–Kier alpha value is -0.380. The molecule has 1 heterocycles. The molecule has 0 amide bonds. The van der Waals surface area contributed by atoms with Crippen molar-refractivity contribution in [3.8, 4) is 0 Å². The van der Waals surface area contributed by atoms with Gasteiger partial charge in [0.05, 0.1) is 11.7 Å². The van der Waals surface area contributed by atoms with Crippen LogP contribution < -0.4 is 5.32 Å². The van der Waals surface area contributed by atoms with Crippen molar-refractivity contribution in [2.45, 2.75) is 69.6 Å². The second-order valence-corrected chi connectivity index (χ2v) is 7.53. The number of hydrogen-bond donors (Lipinski definition) is 1. The molecule has 1 aromatic carbocycles. The summed E-state index contributed by atoms with van der Waals surface area (Å²) in [5.74, 6) is 0. The molecule has 1 aliphatic carbocycles. The van der Waals surface area contributed by atoms with Crippen LogP contribution in [0.5, 0.6) is 0 Å². The summed E-state index contributed by atoms with van der Waals surface area (Å²) in [6.45, 7) is 3.19. The van der Waals surface area contributed by atoms with Crippen LogP contribution in [0.15, 0.2) is 28.7 Å². The van der Waals surface area contributed by atoms with Crippen LogP contribution in [-0.2, 0) is 4.74 Å². The van der Waals surface area contributed by atoms with Gasteiger partial charge in [-0.2, -0.15) is 0 Å². The number of benzene rings is 1. The third-order valence-corrected chi connectivity index (χ3v) is 5.85. The molecule has 0 aromatic heterocycles. The molecule has 2 fully saturated rings. The van der Waals surface area contributed by atoms with E-state index in [-0.39, 0.29) is 5.60 Å². The standard InChI is InChI=1S/C18H26BrNO/c1-14(16-7-3-4-8-17(16)19)20-13-15-9-12-18(21-15)10-5-2-6-11-18/h3-4,7-8,14-15,20H,2,5-6,9-13H2,1H3/t14-,15?/m0/s1. The zero-order valence-electron chi connectivity index (χ0n) is 12.9. The molecule has 3 heteroatoms. The zero-order chi connectivity index (χ0) is 14.7. The SMILES string of the molecule is C[C@H](NCC1CCC2(CCCCC2)O1)c1ccccc1Br. The van der Waals surface area contributed by atoms with E-state index in [9.17, 15) is 0 Å². The van der Waals surface area contributed by atoms with E-state index in [0.717, 1.165) is 6.54 Å². The van der Waals surface area contributed by atoms with Crippen molar-refractivity contribution in [1.29, 1.82) is 0 Å². The molecule has 2 aliphatic rings. The van der Waals surface area contributed by atoms with Crippen molar-refractivity contribution in [2.75, 3.05) is 6.54 Å². The minimum absolute atomic E-state index is 0.237. The summed E-state index contributed by atoms with van der Waals surface area (Å²) in [4.78, 5) is 0. The Bertz CT molecular complexity index is 470. The van der Waals surface area contributed by atoms with Crippen molar-refractivity contribution >= 4 is 15.9 Å². The first kappa shape index (κ1) is 15.5. The molecule has 1 N–H and O–H groups in total. The van der Waals surface area contributed by atoms with Crippen LogP contribution in [0.25, 0.3) is 0 Å². The lowest BCUT2D eigenvalue weighted by molar-refractivity contribution is -0.0628. The van der Waals surface area contributed by atoms with Gasteiger partial charge in [-0.1, -0.05) is 53.4 Å². The molecule has 116 valence electrons. The average Bonchev–Trinajstić information content (AvgIpc) is 2.89.